The molecule has 2 bridgehead atoms. The van der Waals surface area contributed by atoms with Gasteiger partial charge in [-0.15, -0.1) is 24.8 Å². The molecule has 2 fully saturated rings. The van der Waals surface area contributed by atoms with Gasteiger partial charge in [0.15, 0.2) is 5.82 Å². The number of para-hydroxylation sites is 1. The van der Waals surface area contributed by atoms with Crippen LogP contribution in [-0.4, -0.2) is 34.1 Å². The molecule has 8 heteroatoms. The number of hydrogen-bond acceptors (Lipinski definition) is 3. The molecule has 0 aliphatic carbocycles. The highest BCUT2D eigenvalue weighted by molar-refractivity contribution is 5.85. The molecule has 0 saturated carbocycles. The molecule has 2 aliphatic rings. The van der Waals surface area contributed by atoms with E-state index in [0.29, 0.717) is 42.9 Å². The lowest BCUT2D eigenvalue weighted by Crippen LogP contribution is -2.39. The summed E-state index contributed by atoms with van der Waals surface area (Å²) >= 11 is 0. The summed E-state index contributed by atoms with van der Waals surface area (Å²) in [6.07, 6.45) is 5.97. The van der Waals surface area contributed by atoms with E-state index in [-0.39, 0.29) is 36.5 Å². The second-order valence-corrected chi connectivity index (χ2v) is 7.47. The van der Waals surface area contributed by atoms with Gasteiger partial charge >= 0.3 is 0 Å². The molecule has 1 aromatic heterocycles. The van der Waals surface area contributed by atoms with Gasteiger partial charge in [0.05, 0.1) is 5.52 Å². The minimum atomic E-state index is -0.302. The second kappa shape index (κ2) is 9.22. The van der Waals surface area contributed by atoms with Crippen LogP contribution in [0.4, 0.5) is 4.39 Å². The molecular weight excluding hydrogens is 390 g/mol. The highest BCUT2D eigenvalue weighted by Crippen LogP contribution is 2.32. The number of fused-ring (bicyclic) bond motifs is 3. The van der Waals surface area contributed by atoms with Crippen molar-refractivity contribution < 1.29 is 9.18 Å². The lowest BCUT2D eigenvalue weighted by molar-refractivity contribution is -0.122. The van der Waals surface area contributed by atoms with Crippen LogP contribution in [-0.2, 0) is 18.3 Å². The molecule has 0 radical (unpaired) electrons. The number of carbonyl (C=O) groups is 1. The third-order valence-corrected chi connectivity index (χ3v) is 5.67. The number of aromatic nitrogens is 2. The summed E-state index contributed by atoms with van der Waals surface area (Å²) in [6.45, 7) is 0.537. The lowest BCUT2D eigenvalue weighted by atomic mass is 9.89. The Kier molecular flexibility index (Phi) is 7.48. The van der Waals surface area contributed by atoms with Crippen LogP contribution in [0.3, 0.4) is 0 Å². The lowest BCUT2D eigenvalue weighted by Gasteiger charge is -2.28. The number of imidazole rings is 1. The van der Waals surface area contributed by atoms with Crippen molar-refractivity contribution in [2.45, 2.75) is 50.6 Å². The van der Waals surface area contributed by atoms with E-state index < -0.39 is 0 Å². The van der Waals surface area contributed by atoms with Crippen LogP contribution in [0.15, 0.2) is 18.2 Å². The minimum absolute atomic E-state index is 0. The van der Waals surface area contributed by atoms with E-state index >= 15 is 0 Å². The molecule has 1 amide bonds. The van der Waals surface area contributed by atoms with Crippen LogP contribution in [0.2, 0.25) is 0 Å². The van der Waals surface area contributed by atoms with E-state index in [4.69, 9.17) is 0 Å². The van der Waals surface area contributed by atoms with Crippen molar-refractivity contribution in [2.75, 3.05) is 6.54 Å². The molecule has 2 atom stereocenters. The fourth-order valence-electron chi connectivity index (χ4n) is 4.44. The molecule has 0 spiro atoms. The number of aryl methyl sites for hydroxylation is 1. The number of rotatable bonds is 5. The van der Waals surface area contributed by atoms with Crippen LogP contribution >= 0.6 is 24.8 Å². The van der Waals surface area contributed by atoms with E-state index in [1.54, 1.807) is 6.07 Å². The van der Waals surface area contributed by atoms with E-state index in [9.17, 15) is 9.18 Å². The average Bonchev–Trinajstić information content (AvgIpc) is 3.09. The monoisotopic (exact) mass is 416 g/mol. The fraction of sp³-hybridized carbons (Fsp3) is 0.579. The largest absolute Gasteiger partial charge is 0.356 e. The summed E-state index contributed by atoms with van der Waals surface area (Å²) < 4.78 is 15.7. The molecule has 3 heterocycles. The summed E-state index contributed by atoms with van der Waals surface area (Å²) in [5, 5.41) is 6.62. The van der Waals surface area contributed by atoms with Crippen molar-refractivity contribution in [3.8, 4) is 0 Å². The number of hydrogen-bond donors (Lipinski definition) is 2. The van der Waals surface area contributed by atoms with Crippen LogP contribution in [0.5, 0.6) is 0 Å². The molecule has 2 saturated heterocycles. The van der Waals surface area contributed by atoms with Crippen molar-refractivity contribution in [3.63, 3.8) is 0 Å². The van der Waals surface area contributed by atoms with Crippen molar-refractivity contribution in [2.24, 2.45) is 13.0 Å². The second-order valence-electron chi connectivity index (χ2n) is 7.47. The zero-order valence-electron chi connectivity index (χ0n) is 15.4. The Bertz CT molecular complexity index is 785. The van der Waals surface area contributed by atoms with E-state index in [1.807, 2.05) is 17.7 Å². The molecular formula is C19H27Cl2FN4O. The van der Waals surface area contributed by atoms with E-state index in [1.165, 1.54) is 18.9 Å². The van der Waals surface area contributed by atoms with Crippen LogP contribution in [0.25, 0.3) is 11.0 Å². The number of carbonyl (C=O) groups excluding carboxylic acids is 1. The zero-order chi connectivity index (χ0) is 17.4. The van der Waals surface area contributed by atoms with Crippen molar-refractivity contribution in [1.29, 1.82) is 0 Å². The highest BCUT2D eigenvalue weighted by Gasteiger charge is 2.34. The van der Waals surface area contributed by atoms with E-state index in [0.717, 1.165) is 24.2 Å². The predicted octanol–water partition coefficient (Wildman–Crippen LogP) is 3.14. The Labute approximate surface area is 171 Å². The number of amides is 1. The van der Waals surface area contributed by atoms with Gasteiger partial charge in [0.25, 0.3) is 0 Å². The number of piperidine rings is 1. The Morgan fingerprint density at radius 1 is 1.30 bits per heavy atom. The summed E-state index contributed by atoms with van der Waals surface area (Å²) in [4.78, 5) is 16.6. The van der Waals surface area contributed by atoms with Crippen LogP contribution < -0.4 is 10.6 Å². The van der Waals surface area contributed by atoms with Gasteiger partial charge in [0.1, 0.15) is 11.3 Å². The summed E-state index contributed by atoms with van der Waals surface area (Å²) in [5.41, 5.74) is 1.18. The predicted molar refractivity (Wildman–Crippen MR) is 109 cm³/mol. The fourth-order valence-corrected chi connectivity index (χ4v) is 4.44. The first-order valence-corrected chi connectivity index (χ1v) is 9.22. The van der Waals surface area contributed by atoms with Crippen LogP contribution in [0, 0.1) is 11.7 Å². The summed E-state index contributed by atoms with van der Waals surface area (Å²) in [5.74, 6) is 1.11. The Balaban J connectivity index is 0.00000131. The summed E-state index contributed by atoms with van der Waals surface area (Å²) in [6, 6.07) is 6.21. The van der Waals surface area contributed by atoms with Gasteiger partial charge in [-0.05, 0) is 43.7 Å². The number of halogens is 3. The van der Waals surface area contributed by atoms with Crippen molar-refractivity contribution >= 4 is 41.8 Å². The zero-order valence-corrected chi connectivity index (χ0v) is 17.0. The highest BCUT2D eigenvalue weighted by atomic mass is 35.5. The van der Waals surface area contributed by atoms with Gasteiger partial charge in [-0.1, -0.05) is 6.07 Å². The quantitative estimate of drug-likeness (QED) is 0.786. The van der Waals surface area contributed by atoms with Gasteiger partial charge in [0, 0.05) is 38.5 Å². The normalized spacial score (nSPS) is 23.6. The molecule has 1 aromatic carbocycles. The number of nitrogens with one attached hydrogen (secondary N) is 2. The minimum Gasteiger partial charge on any atom is -0.356 e. The van der Waals surface area contributed by atoms with Gasteiger partial charge in [-0.25, -0.2) is 9.37 Å². The smallest absolute Gasteiger partial charge is 0.220 e. The third kappa shape index (κ3) is 4.73. The molecule has 2 N–H and O–H groups in total. The van der Waals surface area contributed by atoms with Crippen LogP contribution in [0.1, 0.15) is 37.9 Å². The van der Waals surface area contributed by atoms with Gasteiger partial charge in [-0.2, -0.15) is 0 Å². The summed E-state index contributed by atoms with van der Waals surface area (Å²) in [7, 11) is 1.89. The standard InChI is InChI=1S/C19H25FN4O.2ClH/c1-24-16-4-2-3-15(20)19(16)23-17(24)7-8-21-18(25)11-12-9-13-5-6-14(10-12)22-13;;/h2-4,12-14,22H,5-11H2,1H3,(H,21,25);2*1H. The maximum absolute atomic E-state index is 13.8. The SMILES string of the molecule is Cl.Cl.Cn1c(CCNC(=O)CC2CC3CCC(C2)N3)nc2c(F)cccc21. The first-order chi connectivity index (χ1) is 12.1. The van der Waals surface area contributed by atoms with Gasteiger partial charge in [0.2, 0.25) is 5.91 Å². The molecule has 2 aromatic rings. The first-order valence-electron chi connectivity index (χ1n) is 9.22. The van der Waals surface area contributed by atoms with Gasteiger partial charge < -0.3 is 15.2 Å². The Morgan fingerprint density at radius 2 is 2.00 bits per heavy atom. The van der Waals surface area contributed by atoms with Gasteiger partial charge in [-0.3, -0.25) is 4.79 Å². The van der Waals surface area contributed by atoms with E-state index in [2.05, 4.69) is 15.6 Å². The maximum atomic E-state index is 13.8. The molecule has 4 rings (SSSR count). The molecule has 2 aliphatic heterocycles. The first kappa shape index (κ1) is 21.9. The third-order valence-electron chi connectivity index (χ3n) is 5.67. The molecule has 5 nitrogen and oxygen atoms in total. The Hall–Kier alpha value is -1.37. The topological polar surface area (TPSA) is 59.0 Å². The number of benzene rings is 1. The molecule has 2 unspecified atom stereocenters. The Morgan fingerprint density at radius 3 is 2.67 bits per heavy atom. The molecule has 27 heavy (non-hydrogen) atoms. The molecule has 150 valence electrons. The van der Waals surface area contributed by atoms with Crippen molar-refractivity contribution in [1.82, 2.24) is 20.2 Å². The average molecular weight is 417 g/mol. The number of nitrogens with zero attached hydrogens (tertiary/aromatic N) is 2. The van der Waals surface area contributed by atoms with Crippen molar-refractivity contribution in [3.05, 3.63) is 29.8 Å². The maximum Gasteiger partial charge on any atom is 0.220 e.